The molecule has 1 aromatic rings. The van der Waals surface area contributed by atoms with Crippen LogP contribution in [0.15, 0.2) is 6.07 Å². The van der Waals surface area contributed by atoms with E-state index in [-0.39, 0.29) is 41.7 Å². The molecule has 2 bridgehead atoms. The molecule has 2 heterocycles. The molecular formula is C24H34ClN3O10S. The zero-order valence-electron chi connectivity index (χ0n) is 22.6. The van der Waals surface area contributed by atoms with Crippen LogP contribution in [0.25, 0.3) is 0 Å². The van der Waals surface area contributed by atoms with Gasteiger partial charge in [-0.15, -0.1) is 4.28 Å². The van der Waals surface area contributed by atoms with Gasteiger partial charge in [-0.25, -0.2) is 13.8 Å². The smallest absolute Gasteiger partial charge is 0.421 e. The number of hydrogen-bond donors (Lipinski definition) is 2. The second-order valence-corrected chi connectivity index (χ2v) is 12.4. The van der Waals surface area contributed by atoms with Crippen molar-refractivity contribution in [3.63, 3.8) is 0 Å². The number of nitrogens with two attached hydrogens (primary N) is 1. The number of rotatable bonds is 12. The van der Waals surface area contributed by atoms with Gasteiger partial charge in [-0.2, -0.15) is 13.5 Å². The number of hydrogen-bond acceptors (Lipinski definition) is 9. The minimum Gasteiger partial charge on any atom is -0.496 e. The molecule has 3 amide bonds. The molecule has 3 N–H and O–H groups in total. The highest BCUT2D eigenvalue weighted by atomic mass is 35.5. The van der Waals surface area contributed by atoms with Crippen molar-refractivity contribution in [2.45, 2.75) is 59.0 Å². The first-order valence-electron chi connectivity index (χ1n) is 12.1. The van der Waals surface area contributed by atoms with Crippen LogP contribution in [0.3, 0.4) is 0 Å². The lowest BCUT2D eigenvalue weighted by Gasteiger charge is -2.41. The molecule has 0 saturated carbocycles. The van der Waals surface area contributed by atoms with Crippen molar-refractivity contribution < 1.29 is 45.8 Å². The van der Waals surface area contributed by atoms with Gasteiger partial charge in [0.2, 0.25) is 5.91 Å². The molecule has 39 heavy (non-hydrogen) atoms. The number of hydroxylamine groups is 2. The average Bonchev–Trinajstić information content (AvgIpc) is 3.07. The fourth-order valence-electron chi connectivity index (χ4n) is 4.62. The largest absolute Gasteiger partial charge is 0.496 e. The molecule has 2 fully saturated rings. The van der Waals surface area contributed by atoms with Crippen LogP contribution in [0.2, 0.25) is 5.02 Å². The highest BCUT2D eigenvalue weighted by Crippen LogP contribution is 2.46. The van der Waals surface area contributed by atoms with Crippen molar-refractivity contribution in [2.24, 2.45) is 16.6 Å². The van der Waals surface area contributed by atoms with Crippen LogP contribution >= 0.6 is 11.6 Å². The number of carboxylic acids is 1. The number of urea groups is 1. The fraction of sp³-hybridized carbons (Fsp3) is 0.625. The Morgan fingerprint density at radius 1 is 1.15 bits per heavy atom. The molecule has 2 aliphatic rings. The van der Waals surface area contributed by atoms with Gasteiger partial charge in [-0.05, 0) is 41.7 Å². The first-order valence-corrected chi connectivity index (χ1v) is 13.8. The Bertz CT molecular complexity index is 1270. The molecule has 15 heteroatoms. The van der Waals surface area contributed by atoms with Gasteiger partial charge in [-0.3, -0.25) is 4.79 Å². The third kappa shape index (κ3) is 6.03. The number of benzene rings is 1. The van der Waals surface area contributed by atoms with Crippen LogP contribution in [-0.4, -0.2) is 80.8 Å². The fourth-order valence-corrected chi connectivity index (χ4v) is 5.78. The summed E-state index contributed by atoms with van der Waals surface area (Å²) in [5.74, 6) is -1.92. The Morgan fingerprint density at radius 2 is 1.79 bits per heavy atom. The number of primary amides is 1. The summed E-state index contributed by atoms with van der Waals surface area (Å²) < 4.78 is 46.2. The number of carboxylic acid groups (broad SMARTS) is 1. The maximum absolute atomic E-state index is 12.7. The summed E-state index contributed by atoms with van der Waals surface area (Å²) in [5, 5.41) is 10.4. The van der Waals surface area contributed by atoms with Gasteiger partial charge in [0.05, 0.1) is 31.9 Å². The highest BCUT2D eigenvalue weighted by Gasteiger charge is 2.49. The van der Waals surface area contributed by atoms with Gasteiger partial charge in [0.1, 0.15) is 17.4 Å². The number of ether oxygens (including phenoxy) is 2. The lowest BCUT2D eigenvalue weighted by Crippen LogP contribution is -2.47. The maximum atomic E-state index is 12.7. The molecule has 0 spiro atoms. The standard InChI is InChI=1S/C24H34ClN3O10S/c1-23(2,10-13-9-16(35-5)17(21(30)31)19(36-6)18(13)25)24(3,4)12-37-39(33,34)38-28-14-7-8-15(20(26)29)27(11-14)22(28)32/h9,14-15H,7-8,10-12H2,1-6H3,(H2,26,29)(H,30,31)/t14-,15+/m1/s1. The molecule has 13 nitrogen and oxygen atoms in total. The van der Waals surface area contributed by atoms with Crippen LogP contribution in [0, 0.1) is 10.8 Å². The van der Waals surface area contributed by atoms with E-state index < -0.39 is 51.2 Å². The predicted octanol–water partition coefficient (Wildman–Crippen LogP) is 2.60. The summed E-state index contributed by atoms with van der Waals surface area (Å²) in [7, 11) is -2.02. The number of piperidine rings is 1. The van der Waals surface area contributed by atoms with E-state index >= 15 is 0 Å². The van der Waals surface area contributed by atoms with Gasteiger partial charge in [0.25, 0.3) is 0 Å². The van der Waals surface area contributed by atoms with Crippen molar-refractivity contribution >= 4 is 39.9 Å². The SMILES string of the molecule is COc1cc(CC(C)(C)C(C)(C)COS(=O)(=O)ON2C(=O)N3C[C@H]2CC[C@H]3C(N)=O)c(Cl)c(OC)c1C(=O)O. The number of amides is 3. The molecule has 0 aromatic heterocycles. The van der Waals surface area contributed by atoms with E-state index in [1.807, 2.05) is 13.8 Å². The Morgan fingerprint density at radius 3 is 2.33 bits per heavy atom. The second kappa shape index (κ2) is 11.0. The molecule has 218 valence electrons. The Hall–Kier alpha value is -2.81. The van der Waals surface area contributed by atoms with Crippen LogP contribution in [0.5, 0.6) is 11.5 Å². The average molecular weight is 592 g/mol. The number of carbonyl (C=O) groups excluding carboxylic acids is 2. The van der Waals surface area contributed by atoms with E-state index in [0.717, 1.165) is 5.06 Å². The minimum atomic E-state index is -4.65. The monoisotopic (exact) mass is 591 g/mol. The number of nitrogens with zero attached hydrogens (tertiary/aromatic N) is 2. The molecular weight excluding hydrogens is 558 g/mol. The van der Waals surface area contributed by atoms with E-state index in [2.05, 4.69) is 0 Å². The summed E-state index contributed by atoms with van der Waals surface area (Å²) in [5.41, 5.74) is 4.19. The normalized spacial score (nSPS) is 19.8. The van der Waals surface area contributed by atoms with E-state index in [4.69, 9.17) is 35.3 Å². The van der Waals surface area contributed by atoms with Crippen molar-refractivity contribution in [2.75, 3.05) is 27.4 Å². The molecule has 2 aliphatic heterocycles. The number of methoxy groups -OCH3 is 2. The zero-order chi connectivity index (χ0) is 29.5. The van der Waals surface area contributed by atoms with Gasteiger partial charge in [-0.1, -0.05) is 39.3 Å². The molecule has 1 aromatic carbocycles. The Labute approximate surface area is 232 Å². The maximum Gasteiger partial charge on any atom is 0.421 e. The first kappa shape index (κ1) is 30.7. The van der Waals surface area contributed by atoms with E-state index in [1.54, 1.807) is 13.8 Å². The van der Waals surface area contributed by atoms with Crippen LogP contribution in [0.1, 0.15) is 56.5 Å². The third-order valence-electron chi connectivity index (χ3n) is 7.75. The van der Waals surface area contributed by atoms with E-state index in [0.29, 0.717) is 18.4 Å². The number of aromatic carboxylic acids is 1. The topological polar surface area (TPSA) is 175 Å². The number of fused-ring (bicyclic) bond motifs is 2. The lowest BCUT2D eigenvalue weighted by molar-refractivity contribution is -0.122. The van der Waals surface area contributed by atoms with Crippen molar-refractivity contribution in [1.82, 2.24) is 9.96 Å². The predicted molar refractivity (Wildman–Crippen MR) is 139 cm³/mol. The quantitative estimate of drug-likeness (QED) is 0.367. The van der Waals surface area contributed by atoms with Gasteiger partial charge >= 0.3 is 22.4 Å². The van der Waals surface area contributed by atoms with Gasteiger partial charge in [0, 0.05) is 6.54 Å². The van der Waals surface area contributed by atoms with Crippen LogP contribution < -0.4 is 15.2 Å². The summed E-state index contributed by atoms with van der Waals surface area (Å²) in [6, 6.07) is -0.634. The Kier molecular flexibility index (Phi) is 8.66. The van der Waals surface area contributed by atoms with Gasteiger partial charge in [0.15, 0.2) is 5.75 Å². The molecule has 3 rings (SSSR count). The molecule has 0 unspecified atom stereocenters. The van der Waals surface area contributed by atoms with E-state index in [1.165, 1.54) is 25.2 Å². The first-order chi connectivity index (χ1) is 18.0. The Balaban J connectivity index is 1.75. The zero-order valence-corrected chi connectivity index (χ0v) is 24.2. The molecule has 2 saturated heterocycles. The van der Waals surface area contributed by atoms with Crippen molar-refractivity contribution in [1.29, 1.82) is 0 Å². The summed E-state index contributed by atoms with van der Waals surface area (Å²) in [4.78, 5) is 37.3. The van der Waals surface area contributed by atoms with Crippen LogP contribution in [-0.2, 0) is 30.1 Å². The second-order valence-electron chi connectivity index (χ2n) is 10.9. The molecule has 2 atom stereocenters. The van der Waals surface area contributed by atoms with Gasteiger partial charge < -0.3 is 25.2 Å². The molecule has 0 aliphatic carbocycles. The minimum absolute atomic E-state index is 0.0471. The number of halogens is 1. The lowest BCUT2D eigenvalue weighted by atomic mass is 9.65. The van der Waals surface area contributed by atoms with Crippen LogP contribution in [0.4, 0.5) is 4.79 Å². The third-order valence-corrected chi connectivity index (χ3v) is 8.91. The highest BCUT2D eigenvalue weighted by molar-refractivity contribution is 7.81. The summed E-state index contributed by atoms with van der Waals surface area (Å²) in [6.07, 6.45) is 0.920. The van der Waals surface area contributed by atoms with E-state index in [9.17, 15) is 27.9 Å². The molecule has 0 radical (unpaired) electrons. The number of carbonyl (C=O) groups is 3. The van der Waals surface area contributed by atoms with Crippen molar-refractivity contribution in [3.05, 3.63) is 22.2 Å². The van der Waals surface area contributed by atoms with Crippen molar-refractivity contribution in [3.8, 4) is 11.5 Å². The summed E-state index contributed by atoms with van der Waals surface area (Å²) >= 11 is 6.51. The summed E-state index contributed by atoms with van der Waals surface area (Å²) in [6.45, 7) is 7.11.